The molecule has 0 radical (unpaired) electrons. The van der Waals surface area contributed by atoms with E-state index < -0.39 is 5.97 Å². The minimum Gasteiger partial charge on any atom is -0.481 e. The van der Waals surface area contributed by atoms with E-state index in [1.807, 2.05) is 0 Å². The first-order chi connectivity index (χ1) is 14.2. The fourth-order valence-electron chi connectivity index (χ4n) is 8.90. The minimum absolute atomic E-state index is 0.141. The van der Waals surface area contributed by atoms with Crippen LogP contribution in [0.5, 0.6) is 0 Å². The molecule has 8 atom stereocenters. The maximum absolute atomic E-state index is 11.6. The third-order valence-electron chi connectivity index (χ3n) is 10.7. The lowest BCUT2D eigenvalue weighted by atomic mass is 9.46. The molecule has 4 rings (SSSR count). The molecular formula is C28H46O2. The number of carboxylic acid groups (broad SMARTS) is 1. The second-order valence-corrected chi connectivity index (χ2v) is 12.6. The van der Waals surface area contributed by atoms with Crippen LogP contribution in [0.2, 0.25) is 0 Å². The molecule has 30 heavy (non-hydrogen) atoms. The van der Waals surface area contributed by atoms with Gasteiger partial charge in [0.2, 0.25) is 0 Å². The summed E-state index contributed by atoms with van der Waals surface area (Å²) in [6.07, 6.45) is 16.4. The van der Waals surface area contributed by atoms with Gasteiger partial charge in [0.05, 0.1) is 5.92 Å². The van der Waals surface area contributed by atoms with Gasteiger partial charge in [-0.05, 0) is 97.7 Å². The molecule has 2 nitrogen and oxygen atoms in total. The molecule has 0 amide bonds. The molecular weight excluding hydrogens is 368 g/mol. The van der Waals surface area contributed by atoms with Gasteiger partial charge in [-0.3, -0.25) is 4.79 Å². The van der Waals surface area contributed by atoms with Gasteiger partial charge < -0.3 is 5.11 Å². The lowest BCUT2D eigenvalue weighted by Crippen LogP contribution is -2.50. The van der Waals surface area contributed by atoms with E-state index in [0.717, 1.165) is 54.8 Å². The van der Waals surface area contributed by atoms with Crippen LogP contribution in [0, 0.1) is 52.3 Å². The van der Waals surface area contributed by atoms with Crippen LogP contribution in [0.4, 0.5) is 0 Å². The summed E-state index contributed by atoms with van der Waals surface area (Å²) in [7, 11) is 0. The zero-order valence-corrected chi connectivity index (χ0v) is 20.3. The van der Waals surface area contributed by atoms with E-state index in [-0.39, 0.29) is 11.3 Å². The summed E-state index contributed by atoms with van der Waals surface area (Å²) >= 11 is 0. The molecule has 2 heteroatoms. The van der Waals surface area contributed by atoms with Gasteiger partial charge in [0.25, 0.3) is 0 Å². The largest absolute Gasteiger partial charge is 0.481 e. The van der Waals surface area contributed by atoms with Crippen molar-refractivity contribution in [2.24, 2.45) is 52.3 Å². The third-order valence-corrected chi connectivity index (χ3v) is 10.7. The van der Waals surface area contributed by atoms with Gasteiger partial charge in [-0.2, -0.15) is 0 Å². The highest BCUT2D eigenvalue weighted by Crippen LogP contribution is 2.67. The monoisotopic (exact) mass is 414 g/mol. The first-order valence-electron chi connectivity index (χ1n) is 13.1. The van der Waals surface area contributed by atoms with Crippen molar-refractivity contribution in [2.45, 2.75) is 105 Å². The van der Waals surface area contributed by atoms with Crippen LogP contribution in [-0.4, -0.2) is 11.1 Å². The number of hydrogen-bond acceptors (Lipinski definition) is 1. The summed E-state index contributed by atoms with van der Waals surface area (Å²) in [4.78, 5) is 11.6. The molecule has 4 aliphatic carbocycles. The van der Waals surface area contributed by atoms with Crippen LogP contribution in [0.25, 0.3) is 0 Å². The molecule has 3 saturated carbocycles. The second kappa shape index (κ2) is 8.28. The van der Waals surface area contributed by atoms with E-state index in [1.165, 1.54) is 56.9 Å². The molecule has 0 aromatic heterocycles. The van der Waals surface area contributed by atoms with Crippen molar-refractivity contribution in [1.82, 2.24) is 0 Å². The Morgan fingerprint density at radius 1 is 1.07 bits per heavy atom. The average Bonchev–Trinajstić information content (AvgIpc) is 3.04. The Hall–Kier alpha value is -0.790. The first-order valence-corrected chi connectivity index (χ1v) is 13.1. The molecule has 0 aromatic rings. The van der Waals surface area contributed by atoms with Gasteiger partial charge in [0.1, 0.15) is 0 Å². The molecule has 1 N–H and O–H groups in total. The number of allylic oxidation sites excluding steroid dienone is 2. The van der Waals surface area contributed by atoms with Crippen LogP contribution < -0.4 is 0 Å². The number of hydrogen-bond donors (Lipinski definition) is 1. The summed E-state index contributed by atoms with van der Waals surface area (Å²) in [6.45, 7) is 12.4. The van der Waals surface area contributed by atoms with Crippen LogP contribution in [-0.2, 0) is 4.79 Å². The quantitative estimate of drug-likeness (QED) is 0.451. The van der Waals surface area contributed by atoms with E-state index in [9.17, 15) is 9.90 Å². The summed E-state index contributed by atoms with van der Waals surface area (Å²) in [5, 5.41) is 9.55. The Morgan fingerprint density at radius 2 is 1.83 bits per heavy atom. The van der Waals surface area contributed by atoms with Gasteiger partial charge in [-0.15, -0.1) is 0 Å². The van der Waals surface area contributed by atoms with E-state index in [1.54, 1.807) is 0 Å². The molecule has 0 spiro atoms. The predicted octanol–water partition coefficient (Wildman–Crippen LogP) is 7.73. The molecule has 0 saturated heterocycles. The number of carboxylic acids is 1. The summed E-state index contributed by atoms with van der Waals surface area (Å²) in [5.41, 5.74) is 2.32. The standard InChI is InChI=1S/C28H46O2/c1-18(2)7-6-8-19(3)23-11-12-24-22-10-9-21-17-20(26(29)30)13-15-27(21,4)25(22)14-16-28(23,24)5/h9,18-20,22-25H,6-8,10-17H2,1-5H3,(H,29,30)/t19-,20-,22-,23+,24-,25-,27-,28+/m0/s1. The van der Waals surface area contributed by atoms with E-state index >= 15 is 0 Å². The second-order valence-electron chi connectivity index (χ2n) is 12.6. The van der Waals surface area contributed by atoms with Crippen LogP contribution in [0.15, 0.2) is 11.6 Å². The Labute approximate surface area is 185 Å². The normalized spacial score (nSPS) is 44.1. The maximum Gasteiger partial charge on any atom is 0.306 e. The fourth-order valence-corrected chi connectivity index (χ4v) is 8.90. The Kier molecular flexibility index (Phi) is 6.19. The molecule has 0 aromatic carbocycles. The maximum atomic E-state index is 11.6. The van der Waals surface area contributed by atoms with E-state index in [0.29, 0.717) is 5.41 Å². The van der Waals surface area contributed by atoms with Gasteiger partial charge in [0.15, 0.2) is 0 Å². The lowest BCUT2D eigenvalue weighted by molar-refractivity contribution is -0.143. The molecule has 170 valence electrons. The highest BCUT2D eigenvalue weighted by Gasteiger charge is 2.59. The molecule has 4 aliphatic rings. The molecule has 3 fully saturated rings. The van der Waals surface area contributed by atoms with Gasteiger partial charge in [-0.1, -0.05) is 65.5 Å². The summed E-state index contributed by atoms with van der Waals surface area (Å²) in [5.74, 6) is 4.41. The Bertz CT molecular complexity index is 678. The number of carbonyl (C=O) groups is 1. The van der Waals surface area contributed by atoms with Crippen molar-refractivity contribution in [1.29, 1.82) is 0 Å². The number of rotatable bonds is 6. The smallest absolute Gasteiger partial charge is 0.306 e. The summed E-state index contributed by atoms with van der Waals surface area (Å²) in [6, 6.07) is 0. The van der Waals surface area contributed by atoms with Gasteiger partial charge in [0, 0.05) is 0 Å². The summed E-state index contributed by atoms with van der Waals surface area (Å²) < 4.78 is 0. The molecule has 0 unspecified atom stereocenters. The predicted molar refractivity (Wildman–Crippen MR) is 124 cm³/mol. The average molecular weight is 415 g/mol. The number of aliphatic carboxylic acids is 1. The van der Waals surface area contributed by atoms with Crippen LogP contribution in [0.1, 0.15) is 105 Å². The number of fused-ring (bicyclic) bond motifs is 5. The highest BCUT2D eigenvalue weighted by atomic mass is 16.4. The van der Waals surface area contributed by atoms with Crippen molar-refractivity contribution < 1.29 is 9.90 Å². The van der Waals surface area contributed by atoms with Crippen molar-refractivity contribution in [2.75, 3.05) is 0 Å². The molecule has 0 aliphatic heterocycles. The van der Waals surface area contributed by atoms with Crippen molar-refractivity contribution in [3.8, 4) is 0 Å². The van der Waals surface area contributed by atoms with Crippen molar-refractivity contribution in [3.63, 3.8) is 0 Å². The fraction of sp³-hybridized carbons (Fsp3) is 0.893. The van der Waals surface area contributed by atoms with E-state index in [4.69, 9.17) is 0 Å². The van der Waals surface area contributed by atoms with E-state index in [2.05, 4.69) is 40.7 Å². The zero-order valence-electron chi connectivity index (χ0n) is 20.3. The Morgan fingerprint density at radius 3 is 2.53 bits per heavy atom. The van der Waals surface area contributed by atoms with Gasteiger partial charge in [-0.25, -0.2) is 0 Å². The Balaban J connectivity index is 1.49. The SMILES string of the molecule is CC(C)CCC[C@H](C)[C@H]1CC[C@H]2[C@@H]3CC=C4C[C@@H](C(=O)O)CC[C@]4(C)[C@H]3CC[C@]12C. The topological polar surface area (TPSA) is 37.3 Å². The van der Waals surface area contributed by atoms with Crippen molar-refractivity contribution >= 4 is 5.97 Å². The minimum atomic E-state index is -0.582. The first kappa shape index (κ1) is 22.4. The highest BCUT2D eigenvalue weighted by molar-refractivity contribution is 5.70. The third kappa shape index (κ3) is 3.69. The van der Waals surface area contributed by atoms with Crippen LogP contribution >= 0.6 is 0 Å². The molecule has 0 heterocycles. The zero-order chi connectivity index (χ0) is 21.7. The molecule has 0 bridgehead atoms. The lowest BCUT2D eigenvalue weighted by Gasteiger charge is -2.58. The van der Waals surface area contributed by atoms with Crippen LogP contribution in [0.3, 0.4) is 0 Å². The van der Waals surface area contributed by atoms with Crippen molar-refractivity contribution in [3.05, 3.63) is 11.6 Å². The van der Waals surface area contributed by atoms with Gasteiger partial charge >= 0.3 is 5.97 Å².